The number of aliphatic hydroxyl groups is 1. The van der Waals surface area contributed by atoms with Gasteiger partial charge in [0.15, 0.2) is 11.4 Å². The third-order valence-corrected chi connectivity index (χ3v) is 5.54. The molecular weight excluding hydrogens is 402 g/mol. The Morgan fingerprint density at radius 1 is 1.07 bits per heavy atom. The molecule has 0 radical (unpaired) electrons. The van der Waals surface area contributed by atoms with Gasteiger partial charge in [0.05, 0.1) is 31.3 Å². The van der Waals surface area contributed by atoms with Gasteiger partial charge in [-0.1, -0.05) is 54.1 Å². The number of anilines is 1. The smallest absolute Gasteiger partial charge is 0.264 e. The maximum Gasteiger partial charge on any atom is 0.264 e. The molecule has 1 amide bonds. The predicted molar refractivity (Wildman–Crippen MR) is 115 cm³/mol. The number of hydrogen-bond donors (Lipinski definition) is 1. The van der Waals surface area contributed by atoms with E-state index in [0.717, 1.165) is 5.56 Å². The Hall–Kier alpha value is -3.15. The third-order valence-electron chi connectivity index (χ3n) is 5.30. The van der Waals surface area contributed by atoms with E-state index in [-0.39, 0.29) is 6.54 Å². The van der Waals surface area contributed by atoms with E-state index < -0.39 is 23.7 Å². The molecule has 1 aliphatic heterocycles. The highest BCUT2D eigenvalue weighted by molar-refractivity contribution is 6.31. The number of ketones is 1. The van der Waals surface area contributed by atoms with Crippen LogP contribution in [0.1, 0.15) is 27.9 Å². The zero-order chi connectivity index (χ0) is 21.3. The number of halogens is 1. The first-order chi connectivity index (χ1) is 14.4. The Morgan fingerprint density at radius 2 is 1.77 bits per heavy atom. The molecule has 4 rings (SSSR count). The summed E-state index contributed by atoms with van der Waals surface area (Å²) in [5.41, 5.74) is 0.0913. The number of para-hydroxylation sites is 1. The fraction of sp³-hybridized carbons (Fsp3) is 0.167. The van der Waals surface area contributed by atoms with Crippen molar-refractivity contribution in [3.63, 3.8) is 0 Å². The Morgan fingerprint density at radius 3 is 2.50 bits per heavy atom. The van der Waals surface area contributed by atoms with E-state index in [2.05, 4.69) is 0 Å². The number of carbonyl (C=O) groups is 2. The van der Waals surface area contributed by atoms with E-state index in [1.807, 2.05) is 30.3 Å². The fourth-order valence-electron chi connectivity index (χ4n) is 3.82. The second kappa shape index (κ2) is 7.94. The van der Waals surface area contributed by atoms with Crippen LogP contribution in [0.2, 0.25) is 5.02 Å². The lowest BCUT2D eigenvalue weighted by Crippen LogP contribution is -2.41. The first kappa shape index (κ1) is 20.1. The Bertz CT molecular complexity index is 1120. The van der Waals surface area contributed by atoms with Crippen molar-refractivity contribution in [2.24, 2.45) is 0 Å². The van der Waals surface area contributed by atoms with Crippen LogP contribution in [-0.4, -0.2) is 23.9 Å². The molecular formula is C24H20ClNO4. The molecule has 6 heteroatoms. The van der Waals surface area contributed by atoms with Gasteiger partial charge >= 0.3 is 0 Å². The first-order valence-corrected chi connectivity index (χ1v) is 9.86. The van der Waals surface area contributed by atoms with E-state index >= 15 is 0 Å². The van der Waals surface area contributed by atoms with E-state index in [1.54, 1.807) is 42.5 Å². The van der Waals surface area contributed by atoms with Crippen molar-refractivity contribution in [2.75, 3.05) is 12.0 Å². The van der Waals surface area contributed by atoms with Crippen LogP contribution in [0, 0.1) is 0 Å². The van der Waals surface area contributed by atoms with Crippen LogP contribution in [0.15, 0.2) is 72.8 Å². The minimum atomic E-state index is -2.01. The van der Waals surface area contributed by atoms with Gasteiger partial charge in [0, 0.05) is 10.6 Å². The van der Waals surface area contributed by atoms with E-state index in [4.69, 9.17) is 16.3 Å². The van der Waals surface area contributed by atoms with Crippen LogP contribution in [0.5, 0.6) is 5.75 Å². The van der Waals surface area contributed by atoms with Crippen molar-refractivity contribution in [1.82, 2.24) is 0 Å². The molecule has 0 bridgehead atoms. The molecule has 0 aromatic heterocycles. The van der Waals surface area contributed by atoms with E-state index in [1.165, 1.54) is 12.0 Å². The van der Waals surface area contributed by atoms with Crippen molar-refractivity contribution in [1.29, 1.82) is 0 Å². The van der Waals surface area contributed by atoms with Crippen molar-refractivity contribution >= 4 is 29.0 Å². The number of benzene rings is 3. The highest BCUT2D eigenvalue weighted by Gasteiger charge is 2.51. The molecule has 1 aliphatic rings. The number of methoxy groups -OCH3 is 1. The standard InChI is InChI=1S/C24H20ClNO4/c1-30-22-10-6-5-9-18(22)21(27)14-24(29)19-13-17(25)11-12-20(19)26(23(24)28)15-16-7-3-2-4-8-16/h2-13,29H,14-15H2,1H3/t24-/m0/s1. The summed E-state index contributed by atoms with van der Waals surface area (Å²) in [6.45, 7) is 0.277. The molecule has 3 aromatic rings. The first-order valence-electron chi connectivity index (χ1n) is 9.48. The second-order valence-corrected chi connectivity index (χ2v) is 7.64. The average Bonchev–Trinajstić information content (AvgIpc) is 2.95. The van der Waals surface area contributed by atoms with Gasteiger partial charge in [-0.05, 0) is 35.9 Å². The predicted octanol–water partition coefficient (Wildman–Crippen LogP) is 4.36. The highest BCUT2D eigenvalue weighted by atomic mass is 35.5. The van der Waals surface area contributed by atoms with Crippen LogP contribution in [-0.2, 0) is 16.9 Å². The van der Waals surface area contributed by atoms with Crippen LogP contribution < -0.4 is 9.64 Å². The highest BCUT2D eigenvalue weighted by Crippen LogP contribution is 2.45. The summed E-state index contributed by atoms with van der Waals surface area (Å²) in [6, 6.07) is 21.1. The summed E-state index contributed by atoms with van der Waals surface area (Å²) in [7, 11) is 1.47. The van der Waals surface area contributed by atoms with Crippen molar-refractivity contribution in [2.45, 2.75) is 18.6 Å². The molecule has 1 heterocycles. The molecule has 0 saturated carbocycles. The number of ether oxygens (including phenoxy) is 1. The van der Waals surface area contributed by atoms with Gasteiger partial charge in [0.2, 0.25) is 0 Å². The number of amides is 1. The number of Topliss-reactive ketones (excluding diaryl/α,β-unsaturated/α-hetero) is 1. The SMILES string of the molecule is COc1ccccc1C(=O)C[C@@]1(O)C(=O)N(Cc2ccccc2)c2ccc(Cl)cc21. The number of carbonyl (C=O) groups excluding carboxylic acids is 2. The monoisotopic (exact) mass is 421 g/mol. The summed E-state index contributed by atoms with van der Waals surface area (Å²) in [5, 5.41) is 11.8. The van der Waals surface area contributed by atoms with Crippen molar-refractivity contribution in [3.05, 3.63) is 94.5 Å². The lowest BCUT2D eigenvalue weighted by atomic mass is 9.88. The van der Waals surface area contributed by atoms with Crippen LogP contribution in [0.25, 0.3) is 0 Å². The fourth-order valence-corrected chi connectivity index (χ4v) is 3.99. The molecule has 30 heavy (non-hydrogen) atoms. The zero-order valence-electron chi connectivity index (χ0n) is 16.3. The Kier molecular flexibility index (Phi) is 5.33. The van der Waals surface area contributed by atoms with Gasteiger partial charge in [-0.25, -0.2) is 0 Å². The quantitative estimate of drug-likeness (QED) is 0.601. The Labute approximate surface area is 179 Å². The minimum absolute atomic E-state index is 0.277. The van der Waals surface area contributed by atoms with Gasteiger partial charge in [-0.3, -0.25) is 9.59 Å². The average molecular weight is 422 g/mol. The summed E-state index contributed by atoms with van der Waals surface area (Å²) in [5.74, 6) is -0.549. The molecule has 1 atom stereocenters. The van der Waals surface area contributed by atoms with Gasteiger partial charge < -0.3 is 14.7 Å². The number of nitrogens with zero attached hydrogens (tertiary/aromatic N) is 1. The van der Waals surface area contributed by atoms with Crippen molar-refractivity contribution < 1.29 is 19.4 Å². The molecule has 5 nitrogen and oxygen atoms in total. The summed E-state index contributed by atoms with van der Waals surface area (Å²) in [4.78, 5) is 27.9. The second-order valence-electron chi connectivity index (χ2n) is 7.20. The summed E-state index contributed by atoms with van der Waals surface area (Å²) < 4.78 is 5.26. The number of fused-ring (bicyclic) bond motifs is 1. The summed E-state index contributed by atoms with van der Waals surface area (Å²) >= 11 is 6.16. The minimum Gasteiger partial charge on any atom is -0.496 e. The van der Waals surface area contributed by atoms with Gasteiger partial charge in [-0.15, -0.1) is 0 Å². The molecule has 0 aliphatic carbocycles. The molecule has 152 valence electrons. The largest absolute Gasteiger partial charge is 0.496 e. The van der Waals surface area contributed by atoms with E-state index in [0.29, 0.717) is 27.6 Å². The van der Waals surface area contributed by atoms with E-state index in [9.17, 15) is 14.7 Å². The van der Waals surface area contributed by atoms with Crippen molar-refractivity contribution in [3.8, 4) is 5.75 Å². The maximum atomic E-state index is 13.4. The zero-order valence-corrected chi connectivity index (χ0v) is 17.1. The number of rotatable bonds is 6. The maximum absolute atomic E-state index is 13.4. The molecule has 0 fully saturated rings. The summed E-state index contributed by atoms with van der Waals surface area (Å²) in [6.07, 6.45) is -0.412. The van der Waals surface area contributed by atoms with Gasteiger partial charge in [0.1, 0.15) is 5.75 Å². The molecule has 0 unspecified atom stereocenters. The normalized spacial score (nSPS) is 17.7. The Balaban J connectivity index is 1.73. The molecule has 3 aromatic carbocycles. The van der Waals surface area contributed by atoms with Gasteiger partial charge in [0.25, 0.3) is 5.91 Å². The van der Waals surface area contributed by atoms with Gasteiger partial charge in [-0.2, -0.15) is 0 Å². The molecule has 0 saturated heterocycles. The third kappa shape index (κ3) is 3.47. The lowest BCUT2D eigenvalue weighted by molar-refractivity contribution is -0.136. The van der Waals surface area contributed by atoms with Crippen LogP contribution >= 0.6 is 11.6 Å². The molecule has 0 spiro atoms. The lowest BCUT2D eigenvalue weighted by Gasteiger charge is -2.23. The molecule has 1 N–H and O–H groups in total. The van der Waals surface area contributed by atoms with Crippen LogP contribution in [0.3, 0.4) is 0 Å². The topological polar surface area (TPSA) is 66.8 Å². The number of hydrogen-bond acceptors (Lipinski definition) is 4. The van der Waals surface area contributed by atoms with Crippen LogP contribution in [0.4, 0.5) is 5.69 Å².